The smallest absolute Gasteiger partial charge is 0.416 e. The summed E-state index contributed by atoms with van der Waals surface area (Å²) in [6.45, 7) is -0.360. The molecule has 1 aromatic heterocycles. The fraction of sp³-hybridized carbons (Fsp3) is 0.111. The van der Waals surface area contributed by atoms with Gasteiger partial charge in [0.1, 0.15) is 11.4 Å². The summed E-state index contributed by atoms with van der Waals surface area (Å²) < 4.78 is 54.2. The molecule has 0 aliphatic carbocycles. The fourth-order valence-electron chi connectivity index (χ4n) is 2.75. The van der Waals surface area contributed by atoms with Gasteiger partial charge in [0.2, 0.25) is 5.43 Å². The Morgan fingerprint density at radius 1 is 1.19 bits per heavy atom. The van der Waals surface area contributed by atoms with Crippen molar-refractivity contribution in [2.24, 2.45) is 0 Å². The van der Waals surface area contributed by atoms with Crippen molar-refractivity contribution in [1.82, 2.24) is 4.57 Å². The Bertz CT molecular complexity index is 1120. The number of carboxylic acid groups (broad SMARTS) is 1. The quantitative estimate of drug-likeness (QED) is 0.657. The molecular formula is C18H10ClF4NO3. The number of fused-ring (bicyclic) bond motifs is 1. The highest BCUT2D eigenvalue weighted by molar-refractivity contribution is 6.31. The van der Waals surface area contributed by atoms with Crippen LogP contribution in [-0.4, -0.2) is 15.6 Å². The highest BCUT2D eigenvalue weighted by Gasteiger charge is 2.31. The van der Waals surface area contributed by atoms with Gasteiger partial charge in [-0.1, -0.05) is 17.7 Å². The lowest BCUT2D eigenvalue weighted by atomic mass is 10.1. The predicted molar refractivity (Wildman–Crippen MR) is 90.7 cm³/mol. The van der Waals surface area contributed by atoms with Crippen molar-refractivity contribution in [2.75, 3.05) is 0 Å². The maximum absolute atomic E-state index is 14.3. The number of carbonyl (C=O) groups is 1. The van der Waals surface area contributed by atoms with E-state index in [1.54, 1.807) is 0 Å². The third-order valence-corrected chi connectivity index (χ3v) is 4.36. The SMILES string of the molecule is O=C(O)c1cn(Cc2cc(C(F)(F)F)ccc2Cl)c2c(F)cccc2c1=O. The normalized spacial score (nSPS) is 11.7. The lowest BCUT2D eigenvalue weighted by molar-refractivity contribution is -0.137. The summed E-state index contributed by atoms with van der Waals surface area (Å²) in [5, 5.41) is 9.00. The Kier molecular flexibility index (Phi) is 4.69. The van der Waals surface area contributed by atoms with Gasteiger partial charge in [-0.25, -0.2) is 9.18 Å². The van der Waals surface area contributed by atoms with Crippen LogP contribution >= 0.6 is 11.6 Å². The lowest BCUT2D eigenvalue weighted by Gasteiger charge is -2.15. The molecule has 0 spiro atoms. The van der Waals surface area contributed by atoms with E-state index in [9.17, 15) is 32.3 Å². The number of halogens is 5. The van der Waals surface area contributed by atoms with E-state index >= 15 is 0 Å². The van der Waals surface area contributed by atoms with Crippen molar-refractivity contribution in [3.8, 4) is 0 Å². The Morgan fingerprint density at radius 2 is 1.89 bits per heavy atom. The molecule has 1 N–H and O–H groups in total. The first-order valence-corrected chi connectivity index (χ1v) is 7.88. The molecule has 9 heteroatoms. The molecule has 0 saturated heterocycles. The van der Waals surface area contributed by atoms with Gasteiger partial charge in [-0.05, 0) is 35.9 Å². The average molecular weight is 400 g/mol. The number of hydrogen-bond donors (Lipinski definition) is 1. The first kappa shape index (κ1) is 18.9. The summed E-state index contributed by atoms with van der Waals surface area (Å²) in [7, 11) is 0. The van der Waals surface area contributed by atoms with Crippen LogP contribution in [0.15, 0.2) is 47.4 Å². The standard InChI is InChI=1S/C18H10ClF4NO3/c19-13-5-4-10(18(21,22)23)6-9(13)7-24-8-12(17(26)27)16(25)11-2-1-3-14(20)15(11)24/h1-6,8H,7H2,(H,26,27). The minimum absolute atomic E-state index is 0.00367. The number of carboxylic acids is 1. The van der Waals surface area contributed by atoms with Gasteiger partial charge in [-0.2, -0.15) is 13.2 Å². The van der Waals surface area contributed by atoms with E-state index in [1.807, 2.05) is 0 Å². The van der Waals surface area contributed by atoms with E-state index in [4.69, 9.17) is 11.6 Å². The van der Waals surface area contributed by atoms with Crippen LogP contribution in [0.3, 0.4) is 0 Å². The van der Waals surface area contributed by atoms with Gasteiger partial charge < -0.3 is 9.67 Å². The van der Waals surface area contributed by atoms with Crippen molar-refractivity contribution < 1.29 is 27.5 Å². The lowest BCUT2D eigenvalue weighted by Crippen LogP contribution is -2.20. The molecular weight excluding hydrogens is 390 g/mol. The summed E-state index contributed by atoms with van der Waals surface area (Å²) in [6, 6.07) is 6.21. The highest BCUT2D eigenvalue weighted by atomic mass is 35.5. The van der Waals surface area contributed by atoms with Crippen LogP contribution in [0.4, 0.5) is 17.6 Å². The second kappa shape index (κ2) is 6.70. The van der Waals surface area contributed by atoms with Crippen LogP contribution in [0.25, 0.3) is 10.9 Å². The van der Waals surface area contributed by atoms with Crippen molar-refractivity contribution in [1.29, 1.82) is 0 Å². The minimum atomic E-state index is -4.61. The zero-order chi connectivity index (χ0) is 19.9. The van der Waals surface area contributed by atoms with Gasteiger partial charge in [-0.3, -0.25) is 4.79 Å². The highest BCUT2D eigenvalue weighted by Crippen LogP contribution is 2.32. The van der Waals surface area contributed by atoms with Crippen molar-refractivity contribution in [2.45, 2.75) is 12.7 Å². The van der Waals surface area contributed by atoms with Gasteiger partial charge in [0.25, 0.3) is 0 Å². The van der Waals surface area contributed by atoms with E-state index in [-0.39, 0.29) is 28.0 Å². The number of aromatic carboxylic acids is 1. The number of para-hydroxylation sites is 1. The number of aromatic nitrogens is 1. The van der Waals surface area contributed by atoms with Crippen LogP contribution in [0.2, 0.25) is 5.02 Å². The van der Waals surface area contributed by atoms with Crippen LogP contribution in [-0.2, 0) is 12.7 Å². The van der Waals surface area contributed by atoms with Gasteiger partial charge in [-0.15, -0.1) is 0 Å². The van der Waals surface area contributed by atoms with Gasteiger partial charge in [0.15, 0.2) is 0 Å². The molecule has 0 amide bonds. The third kappa shape index (κ3) is 3.52. The molecule has 140 valence electrons. The molecule has 0 atom stereocenters. The van der Waals surface area contributed by atoms with E-state index in [0.29, 0.717) is 0 Å². The maximum atomic E-state index is 14.3. The maximum Gasteiger partial charge on any atom is 0.416 e. The third-order valence-electron chi connectivity index (χ3n) is 3.99. The molecule has 2 aromatic carbocycles. The monoisotopic (exact) mass is 399 g/mol. The number of pyridine rings is 1. The molecule has 0 unspecified atom stereocenters. The summed E-state index contributed by atoms with van der Waals surface area (Å²) in [5.41, 5.74) is -2.69. The minimum Gasteiger partial charge on any atom is -0.477 e. The predicted octanol–water partition coefficient (Wildman–Crippen LogP) is 4.56. The molecule has 0 aliphatic rings. The second-order valence-corrected chi connectivity index (χ2v) is 6.15. The molecule has 4 nitrogen and oxygen atoms in total. The van der Waals surface area contributed by atoms with Crippen molar-refractivity contribution >= 4 is 28.5 Å². The van der Waals surface area contributed by atoms with Crippen molar-refractivity contribution in [3.63, 3.8) is 0 Å². The molecule has 0 aliphatic heterocycles. The summed E-state index contributed by atoms with van der Waals surface area (Å²) in [4.78, 5) is 23.6. The van der Waals surface area contributed by atoms with Gasteiger partial charge in [0, 0.05) is 23.2 Å². The number of nitrogens with zero attached hydrogens (tertiary/aromatic N) is 1. The summed E-state index contributed by atoms with van der Waals surface area (Å²) in [5.74, 6) is -2.35. The summed E-state index contributed by atoms with van der Waals surface area (Å²) >= 11 is 5.97. The molecule has 1 heterocycles. The van der Waals surface area contributed by atoms with Gasteiger partial charge in [0.05, 0.1) is 11.1 Å². The average Bonchev–Trinajstić information content (AvgIpc) is 2.58. The first-order chi connectivity index (χ1) is 12.6. The van der Waals surface area contributed by atoms with E-state index < -0.39 is 34.5 Å². The number of rotatable bonds is 3. The molecule has 27 heavy (non-hydrogen) atoms. The molecule has 3 rings (SSSR count). The Hall–Kier alpha value is -2.87. The largest absolute Gasteiger partial charge is 0.477 e. The van der Waals surface area contributed by atoms with E-state index in [2.05, 4.69) is 0 Å². The van der Waals surface area contributed by atoms with Crippen molar-refractivity contribution in [3.05, 3.63) is 80.3 Å². The fourth-order valence-corrected chi connectivity index (χ4v) is 2.92. The van der Waals surface area contributed by atoms with Gasteiger partial charge >= 0.3 is 12.1 Å². The zero-order valence-electron chi connectivity index (χ0n) is 13.3. The second-order valence-electron chi connectivity index (χ2n) is 5.74. The first-order valence-electron chi connectivity index (χ1n) is 7.50. The molecule has 0 radical (unpaired) electrons. The Morgan fingerprint density at radius 3 is 2.52 bits per heavy atom. The van der Waals surface area contributed by atoms with E-state index in [1.165, 1.54) is 12.1 Å². The molecule has 0 bridgehead atoms. The number of hydrogen-bond acceptors (Lipinski definition) is 2. The van der Waals surface area contributed by atoms with E-state index in [0.717, 1.165) is 35.0 Å². The summed E-state index contributed by atoms with van der Waals surface area (Å²) in [6.07, 6.45) is -3.71. The van der Waals surface area contributed by atoms with Crippen LogP contribution in [0.1, 0.15) is 21.5 Å². The number of alkyl halides is 3. The Balaban J connectivity index is 2.25. The molecule has 0 saturated carbocycles. The van der Waals surface area contributed by atoms with Crippen LogP contribution in [0, 0.1) is 5.82 Å². The number of benzene rings is 2. The zero-order valence-corrected chi connectivity index (χ0v) is 14.1. The topological polar surface area (TPSA) is 59.3 Å². The molecule has 0 fully saturated rings. The molecule has 3 aromatic rings. The Labute approximate surface area is 154 Å². The van der Waals surface area contributed by atoms with Crippen LogP contribution in [0.5, 0.6) is 0 Å². The van der Waals surface area contributed by atoms with Crippen LogP contribution < -0.4 is 5.43 Å².